The van der Waals surface area contributed by atoms with E-state index in [4.69, 9.17) is 17.3 Å². The van der Waals surface area contributed by atoms with Crippen molar-refractivity contribution in [2.75, 3.05) is 18.1 Å². The van der Waals surface area contributed by atoms with Crippen molar-refractivity contribution < 1.29 is 9.90 Å². The van der Waals surface area contributed by atoms with E-state index in [1.165, 1.54) is 0 Å². The van der Waals surface area contributed by atoms with Gasteiger partial charge < -0.3 is 10.0 Å². The number of hydrogen-bond donors (Lipinski definition) is 2. The summed E-state index contributed by atoms with van der Waals surface area (Å²) in [6.07, 6.45) is 1.47. The highest BCUT2D eigenvalue weighted by Gasteiger charge is 2.16. The van der Waals surface area contributed by atoms with E-state index in [2.05, 4.69) is 27.9 Å². The SMILES string of the molecule is Cc1ccc(N(CCCCO)C(=S)NC(=O)c2ccc(C)c(I)c2)cc1. The minimum absolute atomic E-state index is 0.142. The molecule has 0 unspecified atom stereocenters. The fraction of sp³-hybridized carbons (Fsp3) is 0.300. The maximum atomic E-state index is 12.6. The minimum atomic E-state index is -0.216. The number of aliphatic hydroxyl groups is 1. The predicted molar refractivity (Wildman–Crippen MR) is 119 cm³/mol. The smallest absolute Gasteiger partial charge is 0.257 e. The van der Waals surface area contributed by atoms with E-state index in [-0.39, 0.29) is 12.5 Å². The lowest BCUT2D eigenvalue weighted by Gasteiger charge is -2.25. The molecular weight excluding hydrogens is 459 g/mol. The Morgan fingerprint density at radius 3 is 2.46 bits per heavy atom. The number of carbonyl (C=O) groups excluding carboxylic acids is 1. The number of unbranched alkanes of at least 4 members (excludes halogenated alkanes) is 1. The number of anilines is 1. The largest absolute Gasteiger partial charge is 0.396 e. The highest BCUT2D eigenvalue weighted by Crippen LogP contribution is 2.17. The first-order valence-corrected chi connectivity index (χ1v) is 9.97. The lowest BCUT2D eigenvalue weighted by atomic mass is 10.1. The quantitative estimate of drug-likeness (QED) is 0.368. The molecule has 6 heteroatoms. The molecule has 0 radical (unpaired) electrons. The van der Waals surface area contributed by atoms with Crippen molar-refractivity contribution in [1.29, 1.82) is 0 Å². The summed E-state index contributed by atoms with van der Waals surface area (Å²) in [7, 11) is 0. The molecule has 0 aliphatic rings. The van der Waals surface area contributed by atoms with Crippen molar-refractivity contribution in [3.05, 3.63) is 62.7 Å². The third-order valence-corrected chi connectivity index (χ3v) is 5.52. The van der Waals surface area contributed by atoms with Gasteiger partial charge in [0.15, 0.2) is 5.11 Å². The highest BCUT2D eigenvalue weighted by molar-refractivity contribution is 14.1. The van der Waals surface area contributed by atoms with Crippen molar-refractivity contribution in [2.45, 2.75) is 26.7 Å². The zero-order valence-corrected chi connectivity index (χ0v) is 17.9. The molecule has 1 amide bonds. The van der Waals surface area contributed by atoms with E-state index in [0.29, 0.717) is 23.6 Å². The average Bonchev–Trinajstić information content (AvgIpc) is 2.62. The van der Waals surface area contributed by atoms with Gasteiger partial charge in [0, 0.05) is 28.0 Å². The van der Waals surface area contributed by atoms with Gasteiger partial charge in [0.1, 0.15) is 0 Å². The van der Waals surface area contributed by atoms with Crippen molar-refractivity contribution in [1.82, 2.24) is 5.32 Å². The monoisotopic (exact) mass is 482 g/mol. The van der Waals surface area contributed by atoms with E-state index in [0.717, 1.165) is 26.8 Å². The van der Waals surface area contributed by atoms with Gasteiger partial charge in [0.05, 0.1) is 0 Å². The molecule has 2 rings (SSSR count). The van der Waals surface area contributed by atoms with E-state index >= 15 is 0 Å². The van der Waals surface area contributed by atoms with Gasteiger partial charge in [-0.2, -0.15) is 0 Å². The van der Waals surface area contributed by atoms with Crippen molar-refractivity contribution in [3.63, 3.8) is 0 Å². The Morgan fingerprint density at radius 2 is 1.85 bits per heavy atom. The van der Waals surface area contributed by atoms with Crippen molar-refractivity contribution in [3.8, 4) is 0 Å². The number of halogens is 1. The van der Waals surface area contributed by atoms with Crippen LogP contribution in [0, 0.1) is 17.4 Å². The summed E-state index contributed by atoms with van der Waals surface area (Å²) < 4.78 is 1.04. The number of aliphatic hydroxyl groups excluding tert-OH is 1. The van der Waals surface area contributed by atoms with Crippen LogP contribution in [0.5, 0.6) is 0 Å². The topological polar surface area (TPSA) is 52.6 Å². The normalized spacial score (nSPS) is 10.5. The predicted octanol–water partition coefficient (Wildman–Crippen LogP) is 4.20. The fourth-order valence-corrected chi connectivity index (χ4v) is 3.23. The number of aryl methyl sites for hydroxylation is 2. The molecule has 0 aliphatic heterocycles. The van der Waals surface area contributed by atoms with E-state index in [1.54, 1.807) is 6.07 Å². The standard InChI is InChI=1S/C20H23IN2O2S/c1-14-5-9-17(10-6-14)23(11-3-4-12-24)20(26)22-19(25)16-8-7-15(2)18(21)13-16/h5-10,13,24H,3-4,11-12H2,1-2H3,(H,22,25,26). The van der Waals surface area contributed by atoms with E-state index in [1.807, 2.05) is 55.1 Å². The van der Waals surface area contributed by atoms with Crippen LogP contribution in [0.25, 0.3) is 0 Å². The molecule has 2 aromatic carbocycles. The summed E-state index contributed by atoms with van der Waals surface area (Å²) in [6, 6.07) is 13.6. The van der Waals surface area contributed by atoms with E-state index < -0.39 is 0 Å². The molecule has 0 spiro atoms. The molecule has 2 aromatic rings. The zero-order chi connectivity index (χ0) is 19.1. The van der Waals surface area contributed by atoms with Gasteiger partial charge in [0.2, 0.25) is 0 Å². The maximum Gasteiger partial charge on any atom is 0.257 e. The van der Waals surface area contributed by atoms with Crippen LogP contribution in [0.2, 0.25) is 0 Å². The molecular formula is C20H23IN2O2S. The van der Waals surface area contributed by atoms with Crippen LogP contribution in [-0.2, 0) is 0 Å². The minimum Gasteiger partial charge on any atom is -0.396 e. The van der Waals surface area contributed by atoms with Gasteiger partial charge in [-0.1, -0.05) is 23.8 Å². The molecule has 0 saturated heterocycles. The van der Waals surface area contributed by atoms with Gasteiger partial charge in [-0.15, -0.1) is 0 Å². The van der Waals surface area contributed by atoms with Crippen LogP contribution in [0.4, 0.5) is 5.69 Å². The number of amides is 1. The molecule has 0 bridgehead atoms. The van der Waals surface area contributed by atoms with Gasteiger partial charge >= 0.3 is 0 Å². The number of nitrogens with zero attached hydrogens (tertiary/aromatic N) is 1. The molecule has 0 aromatic heterocycles. The number of hydrogen-bond acceptors (Lipinski definition) is 3. The second-order valence-electron chi connectivity index (χ2n) is 6.14. The first-order valence-electron chi connectivity index (χ1n) is 8.49. The van der Waals surface area contributed by atoms with Crippen molar-refractivity contribution >= 4 is 51.5 Å². The second-order valence-corrected chi connectivity index (χ2v) is 7.69. The Hall–Kier alpha value is -1.51. The van der Waals surface area contributed by atoms with Crippen molar-refractivity contribution in [2.24, 2.45) is 0 Å². The Labute approximate surface area is 173 Å². The lowest BCUT2D eigenvalue weighted by molar-refractivity contribution is 0.0977. The summed E-state index contributed by atoms with van der Waals surface area (Å²) in [4.78, 5) is 14.5. The molecule has 0 fully saturated rings. The Kier molecular flexibility index (Phi) is 7.99. The van der Waals surface area contributed by atoms with E-state index in [9.17, 15) is 4.79 Å². The average molecular weight is 482 g/mol. The Balaban J connectivity index is 2.15. The molecule has 138 valence electrons. The van der Waals surface area contributed by atoms with Crippen LogP contribution < -0.4 is 10.2 Å². The first kappa shape index (κ1) is 20.8. The number of thiocarbonyl (C=S) groups is 1. The zero-order valence-electron chi connectivity index (χ0n) is 15.0. The van der Waals surface area contributed by atoms with Gasteiger partial charge in [-0.05, 0) is 91.3 Å². The van der Waals surface area contributed by atoms with Crippen LogP contribution in [-0.4, -0.2) is 29.3 Å². The van der Waals surface area contributed by atoms with Gasteiger partial charge in [0.25, 0.3) is 5.91 Å². The molecule has 4 nitrogen and oxygen atoms in total. The number of carbonyl (C=O) groups is 1. The van der Waals surface area contributed by atoms with Gasteiger partial charge in [-0.25, -0.2) is 0 Å². The van der Waals surface area contributed by atoms with Crippen LogP contribution >= 0.6 is 34.8 Å². The summed E-state index contributed by atoms with van der Waals surface area (Å²) in [5.74, 6) is -0.216. The highest BCUT2D eigenvalue weighted by atomic mass is 127. The molecule has 0 aliphatic carbocycles. The number of benzene rings is 2. The third-order valence-electron chi connectivity index (χ3n) is 4.04. The summed E-state index contributed by atoms with van der Waals surface area (Å²) in [5, 5.41) is 12.2. The molecule has 0 atom stereocenters. The lowest BCUT2D eigenvalue weighted by Crippen LogP contribution is -2.43. The van der Waals surface area contributed by atoms with Crippen LogP contribution in [0.1, 0.15) is 34.3 Å². The Morgan fingerprint density at radius 1 is 1.15 bits per heavy atom. The van der Waals surface area contributed by atoms with Crippen LogP contribution in [0.15, 0.2) is 42.5 Å². The molecule has 2 N–H and O–H groups in total. The fourth-order valence-electron chi connectivity index (χ4n) is 2.43. The third kappa shape index (κ3) is 5.75. The molecule has 0 heterocycles. The Bertz CT molecular complexity index is 778. The summed E-state index contributed by atoms with van der Waals surface area (Å²) >= 11 is 7.72. The van der Waals surface area contributed by atoms with Crippen LogP contribution in [0.3, 0.4) is 0 Å². The maximum absolute atomic E-state index is 12.6. The number of nitrogens with one attached hydrogen (secondary N) is 1. The molecule has 0 saturated carbocycles. The summed E-state index contributed by atoms with van der Waals surface area (Å²) in [6.45, 7) is 4.81. The second kappa shape index (κ2) is 9.99. The molecule has 26 heavy (non-hydrogen) atoms. The first-order chi connectivity index (χ1) is 12.4. The van der Waals surface area contributed by atoms with Gasteiger partial charge in [-0.3, -0.25) is 10.1 Å². The number of rotatable bonds is 6. The summed E-state index contributed by atoms with van der Waals surface area (Å²) in [5.41, 5.74) is 3.81.